The molecular weight excluding hydrogens is 332 g/mol. The van der Waals surface area contributed by atoms with Crippen molar-refractivity contribution in [2.24, 2.45) is 5.92 Å². The van der Waals surface area contributed by atoms with E-state index < -0.39 is 81.0 Å². The highest BCUT2D eigenvalue weighted by molar-refractivity contribution is 4.93. The summed E-state index contributed by atoms with van der Waals surface area (Å²) in [5, 5.41) is 76.9. The van der Waals surface area contributed by atoms with Crippen LogP contribution in [-0.2, 0) is 14.2 Å². The molecule has 2 fully saturated rings. The van der Waals surface area contributed by atoms with Gasteiger partial charge in [-0.2, -0.15) is 0 Å². The van der Waals surface area contributed by atoms with Crippen LogP contribution in [0.1, 0.15) is 0 Å². The normalized spacial score (nSPS) is 50.0. The summed E-state index contributed by atoms with van der Waals surface area (Å²) >= 11 is 0. The summed E-state index contributed by atoms with van der Waals surface area (Å²) in [6.45, 7) is -1.78. The standard InChI is InChI=1S/C13H24O11/c14-1-4-5(2-15)23-13(10(20)7(4)17)24-11-6(3-16)22-12(21)9(19)8(11)18/h4-21H,1-3H2/t4-,5?,6?,7?,8?,9?,10?,11+,12+,13-/m0/s1. The minimum Gasteiger partial charge on any atom is -0.396 e. The Labute approximate surface area is 137 Å². The van der Waals surface area contributed by atoms with Crippen LogP contribution in [0.4, 0.5) is 0 Å². The van der Waals surface area contributed by atoms with Crippen LogP contribution in [0.3, 0.4) is 0 Å². The SMILES string of the molecule is OCC1O[C@@H](O[C@@H]2C(CO)O[C@@H](O)C(O)C2O)C(O)C(O)[C@H]1CO. The summed E-state index contributed by atoms with van der Waals surface area (Å²) in [5.74, 6) is -0.946. The zero-order valence-electron chi connectivity index (χ0n) is 12.7. The quantitative estimate of drug-likeness (QED) is 0.235. The van der Waals surface area contributed by atoms with Gasteiger partial charge in [0.15, 0.2) is 12.6 Å². The van der Waals surface area contributed by atoms with E-state index in [0.717, 1.165) is 0 Å². The number of aliphatic hydroxyl groups is 8. The maximum atomic E-state index is 10.1. The molecule has 11 nitrogen and oxygen atoms in total. The van der Waals surface area contributed by atoms with Gasteiger partial charge >= 0.3 is 0 Å². The second-order valence-corrected chi connectivity index (χ2v) is 5.88. The van der Waals surface area contributed by atoms with E-state index in [1.807, 2.05) is 0 Å². The third-order valence-electron chi connectivity index (χ3n) is 4.38. The molecule has 2 aliphatic heterocycles. The number of aliphatic hydroxyl groups excluding tert-OH is 8. The lowest BCUT2D eigenvalue weighted by atomic mass is 9.89. The molecule has 0 aromatic heterocycles. The zero-order valence-corrected chi connectivity index (χ0v) is 12.7. The monoisotopic (exact) mass is 356 g/mol. The highest BCUT2D eigenvalue weighted by atomic mass is 16.7. The lowest BCUT2D eigenvalue weighted by molar-refractivity contribution is -0.352. The minimum atomic E-state index is -1.73. The van der Waals surface area contributed by atoms with Crippen LogP contribution in [0, 0.1) is 5.92 Å². The molecule has 2 heterocycles. The summed E-state index contributed by atoms with van der Waals surface area (Å²) < 4.78 is 15.5. The molecule has 0 aromatic carbocycles. The van der Waals surface area contributed by atoms with Crippen molar-refractivity contribution >= 4 is 0 Å². The molecule has 6 unspecified atom stereocenters. The van der Waals surface area contributed by atoms with Gasteiger partial charge in [-0.25, -0.2) is 0 Å². The van der Waals surface area contributed by atoms with Crippen molar-refractivity contribution in [2.45, 2.75) is 55.3 Å². The summed E-state index contributed by atoms with van der Waals surface area (Å²) in [5.41, 5.74) is 0. The average molecular weight is 356 g/mol. The molecule has 142 valence electrons. The molecule has 2 saturated heterocycles. The molecule has 2 rings (SSSR count). The van der Waals surface area contributed by atoms with Crippen LogP contribution < -0.4 is 0 Å². The molecule has 8 N–H and O–H groups in total. The van der Waals surface area contributed by atoms with Gasteiger partial charge in [0.1, 0.15) is 30.5 Å². The van der Waals surface area contributed by atoms with Crippen LogP contribution in [0.2, 0.25) is 0 Å². The van der Waals surface area contributed by atoms with Gasteiger partial charge in [0.25, 0.3) is 0 Å². The van der Waals surface area contributed by atoms with E-state index in [0.29, 0.717) is 0 Å². The van der Waals surface area contributed by atoms with Crippen LogP contribution in [0.25, 0.3) is 0 Å². The molecule has 0 aromatic rings. The minimum absolute atomic E-state index is 0.546. The van der Waals surface area contributed by atoms with Gasteiger partial charge in [-0.05, 0) is 0 Å². The molecular formula is C13H24O11. The van der Waals surface area contributed by atoms with Gasteiger partial charge in [-0.3, -0.25) is 0 Å². The van der Waals surface area contributed by atoms with Crippen LogP contribution in [-0.4, -0.2) is 116 Å². The number of hydrogen-bond acceptors (Lipinski definition) is 11. The number of rotatable bonds is 5. The van der Waals surface area contributed by atoms with Crippen molar-refractivity contribution in [3.63, 3.8) is 0 Å². The Bertz CT molecular complexity index is 392. The Morgan fingerprint density at radius 2 is 1.29 bits per heavy atom. The molecule has 0 spiro atoms. The largest absolute Gasteiger partial charge is 0.396 e. The Balaban J connectivity index is 2.12. The van der Waals surface area contributed by atoms with Gasteiger partial charge in [0.2, 0.25) is 0 Å². The summed E-state index contributed by atoms with van der Waals surface area (Å²) in [6, 6.07) is 0. The third kappa shape index (κ3) is 3.71. The van der Waals surface area contributed by atoms with Crippen molar-refractivity contribution in [3.8, 4) is 0 Å². The summed E-state index contributed by atoms with van der Waals surface area (Å²) in [4.78, 5) is 0. The van der Waals surface area contributed by atoms with E-state index in [4.69, 9.17) is 14.2 Å². The predicted molar refractivity (Wildman–Crippen MR) is 73.2 cm³/mol. The molecule has 0 saturated carbocycles. The maximum Gasteiger partial charge on any atom is 0.187 e. The Kier molecular flexibility index (Phi) is 6.87. The van der Waals surface area contributed by atoms with Crippen molar-refractivity contribution in [2.75, 3.05) is 19.8 Å². The first-order valence-corrected chi connectivity index (χ1v) is 7.55. The molecule has 10 atom stereocenters. The predicted octanol–water partition coefficient (Wildman–Crippen LogP) is -5.15. The molecule has 0 aliphatic carbocycles. The Morgan fingerprint density at radius 3 is 1.83 bits per heavy atom. The second kappa shape index (κ2) is 8.29. The van der Waals surface area contributed by atoms with Gasteiger partial charge < -0.3 is 55.1 Å². The van der Waals surface area contributed by atoms with Crippen molar-refractivity contribution in [3.05, 3.63) is 0 Å². The fraction of sp³-hybridized carbons (Fsp3) is 1.00. The van der Waals surface area contributed by atoms with Gasteiger partial charge in [0, 0.05) is 5.92 Å². The topological polar surface area (TPSA) is 190 Å². The molecule has 0 bridgehead atoms. The first kappa shape index (κ1) is 19.9. The van der Waals surface area contributed by atoms with E-state index in [9.17, 15) is 40.9 Å². The van der Waals surface area contributed by atoms with E-state index >= 15 is 0 Å². The van der Waals surface area contributed by atoms with Crippen LogP contribution in [0.15, 0.2) is 0 Å². The fourth-order valence-electron chi connectivity index (χ4n) is 2.89. The molecule has 0 radical (unpaired) electrons. The van der Waals surface area contributed by atoms with Crippen molar-refractivity contribution in [1.82, 2.24) is 0 Å². The number of hydrogen-bond donors (Lipinski definition) is 8. The molecule has 11 heteroatoms. The summed E-state index contributed by atoms with van der Waals surface area (Å²) in [6.07, 6.45) is -13.4. The Hall–Kier alpha value is -0.440. The van der Waals surface area contributed by atoms with E-state index in [-0.39, 0.29) is 0 Å². The first-order chi connectivity index (χ1) is 11.3. The lowest BCUT2D eigenvalue weighted by Crippen LogP contribution is -2.63. The van der Waals surface area contributed by atoms with Gasteiger partial charge in [-0.1, -0.05) is 0 Å². The molecule has 0 amide bonds. The summed E-state index contributed by atoms with van der Waals surface area (Å²) in [7, 11) is 0. The Morgan fingerprint density at radius 1 is 0.667 bits per heavy atom. The maximum absolute atomic E-state index is 10.1. The average Bonchev–Trinajstić information content (AvgIpc) is 2.58. The van der Waals surface area contributed by atoms with Gasteiger partial charge in [-0.15, -0.1) is 0 Å². The third-order valence-corrected chi connectivity index (χ3v) is 4.38. The fourth-order valence-corrected chi connectivity index (χ4v) is 2.89. The van der Waals surface area contributed by atoms with Gasteiger partial charge in [0.05, 0.1) is 32.0 Å². The highest BCUT2D eigenvalue weighted by Gasteiger charge is 2.50. The molecule has 2 aliphatic rings. The van der Waals surface area contributed by atoms with E-state index in [1.165, 1.54) is 0 Å². The zero-order chi connectivity index (χ0) is 18.0. The first-order valence-electron chi connectivity index (χ1n) is 7.55. The van der Waals surface area contributed by atoms with E-state index in [2.05, 4.69) is 0 Å². The molecule has 24 heavy (non-hydrogen) atoms. The second-order valence-electron chi connectivity index (χ2n) is 5.88. The van der Waals surface area contributed by atoms with E-state index in [1.54, 1.807) is 0 Å². The van der Waals surface area contributed by atoms with Crippen molar-refractivity contribution < 1.29 is 55.1 Å². The smallest absolute Gasteiger partial charge is 0.187 e. The lowest BCUT2D eigenvalue weighted by Gasteiger charge is -2.46. The number of ether oxygens (including phenoxy) is 3. The van der Waals surface area contributed by atoms with Crippen LogP contribution >= 0.6 is 0 Å². The van der Waals surface area contributed by atoms with Crippen molar-refractivity contribution in [1.29, 1.82) is 0 Å². The highest BCUT2D eigenvalue weighted by Crippen LogP contribution is 2.30. The van der Waals surface area contributed by atoms with Crippen LogP contribution in [0.5, 0.6) is 0 Å².